The van der Waals surface area contributed by atoms with Crippen LogP contribution in [0.2, 0.25) is 0 Å². The molecule has 16 rings (SSSR count). The number of fused-ring (bicyclic) bond motifs is 14. The Labute approximate surface area is 394 Å². The van der Waals surface area contributed by atoms with Gasteiger partial charge in [-0.2, -0.15) is 0 Å². The van der Waals surface area contributed by atoms with E-state index in [4.69, 9.17) is 0 Å². The van der Waals surface area contributed by atoms with Gasteiger partial charge < -0.3 is 0 Å². The summed E-state index contributed by atoms with van der Waals surface area (Å²) in [6.45, 7) is 0. The second kappa shape index (κ2) is 13.1. The van der Waals surface area contributed by atoms with Gasteiger partial charge in [-0.3, -0.25) is 0 Å². The van der Waals surface area contributed by atoms with E-state index in [1.807, 2.05) is 0 Å². The van der Waals surface area contributed by atoms with E-state index in [0.29, 0.717) is 0 Å². The molecule has 0 radical (unpaired) electrons. The SMILES string of the molecule is C(=C\c1ccc(-c2cc3c4c(ccc5cccc(c54)C34c3ccccc3-c3ccccc34)c2)cc1)/c1ccc(-c2cc3c4c(ccc5cccc(c54)C34c3ccccc3-c3ccccc34)c2)cc1. The van der Waals surface area contributed by atoms with Crippen LogP contribution < -0.4 is 0 Å². The molecule has 4 aliphatic carbocycles. The van der Waals surface area contributed by atoms with Crippen molar-refractivity contribution in [1.29, 1.82) is 0 Å². The molecular weight excluding hydrogens is 817 g/mol. The lowest BCUT2D eigenvalue weighted by Crippen LogP contribution is -2.26. The van der Waals surface area contributed by atoms with Crippen LogP contribution in [0.4, 0.5) is 0 Å². The van der Waals surface area contributed by atoms with Crippen molar-refractivity contribution in [3.05, 3.63) is 286 Å². The van der Waals surface area contributed by atoms with Crippen LogP contribution in [0.5, 0.6) is 0 Å². The van der Waals surface area contributed by atoms with E-state index >= 15 is 0 Å². The minimum Gasteiger partial charge on any atom is -0.0619 e. The highest BCUT2D eigenvalue weighted by Gasteiger charge is 2.52. The zero-order chi connectivity index (χ0) is 44.3. The molecule has 4 aliphatic rings. The van der Waals surface area contributed by atoms with Crippen LogP contribution in [0.25, 0.3) is 99.7 Å². The molecule has 0 heterocycles. The number of hydrogen-bond acceptors (Lipinski definition) is 0. The molecule has 0 atom stereocenters. The summed E-state index contributed by atoms with van der Waals surface area (Å²) in [5.41, 5.74) is 23.1. The standard InChI is InChI=1S/C68H40/c1-5-17-55-51(13-1)52-14-2-6-18-56(52)67(55)59-21-9-11-45-33-35-47-37-49(39-61(67)65(47)63(45)59)43-29-25-41(26-30-43)23-24-42-27-31-44(32-28-42)50-38-48-36-34-46-12-10-22-60-64(46)66(48)62(40-50)68(60)57-19-7-3-15-53(57)54-16-4-8-20-58(54)68/h1-40H/b24-23+. The van der Waals surface area contributed by atoms with Crippen LogP contribution in [0.3, 0.4) is 0 Å². The van der Waals surface area contributed by atoms with Gasteiger partial charge in [0.15, 0.2) is 0 Å². The Kier molecular flexibility index (Phi) is 7.04. The van der Waals surface area contributed by atoms with Gasteiger partial charge in [0.05, 0.1) is 10.8 Å². The predicted molar refractivity (Wildman–Crippen MR) is 284 cm³/mol. The lowest BCUT2D eigenvalue weighted by molar-refractivity contribution is 0.797. The van der Waals surface area contributed by atoms with Crippen molar-refractivity contribution >= 4 is 55.2 Å². The summed E-state index contributed by atoms with van der Waals surface area (Å²) in [7, 11) is 0. The molecule has 0 heteroatoms. The molecule has 0 saturated heterocycles. The normalized spacial score (nSPS) is 14.6. The number of rotatable bonds is 4. The molecule has 312 valence electrons. The lowest BCUT2D eigenvalue weighted by atomic mass is 9.70. The maximum Gasteiger partial charge on any atom is 0.0726 e. The van der Waals surface area contributed by atoms with E-state index in [1.54, 1.807) is 0 Å². The summed E-state index contributed by atoms with van der Waals surface area (Å²) in [6.07, 6.45) is 4.48. The van der Waals surface area contributed by atoms with E-state index in [-0.39, 0.29) is 10.8 Å². The van der Waals surface area contributed by atoms with Gasteiger partial charge in [-0.15, -0.1) is 0 Å². The van der Waals surface area contributed by atoms with E-state index < -0.39 is 0 Å². The Morgan fingerprint density at radius 1 is 0.221 bits per heavy atom. The van der Waals surface area contributed by atoms with Crippen LogP contribution in [0.15, 0.2) is 231 Å². The smallest absolute Gasteiger partial charge is 0.0619 e. The third kappa shape index (κ3) is 4.46. The van der Waals surface area contributed by atoms with Gasteiger partial charge in [0.25, 0.3) is 0 Å². The molecule has 0 N–H and O–H groups in total. The lowest BCUT2D eigenvalue weighted by Gasteiger charge is -2.31. The fourth-order valence-corrected chi connectivity index (χ4v) is 13.7. The Bertz CT molecular complexity index is 3870. The van der Waals surface area contributed by atoms with Crippen molar-refractivity contribution in [2.24, 2.45) is 0 Å². The molecule has 0 bridgehead atoms. The molecule has 0 saturated carbocycles. The van der Waals surface area contributed by atoms with Crippen molar-refractivity contribution in [1.82, 2.24) is 0 Å². The first kappa shape index (κ1) is 36.6. The van der Waals surface area contributed by atoms with Crippen molar-refractivity contribution in [2.45, 2.75) is 10.8 Å². The molecule has 0 aromatic heterocycles. The van der Waals surface area contributed by atoms with Crippen LogP contribution in [0, 0.1) is 0 Å². The molecule has 68 heavy (non-hydrogen) atoms. The molecule has 0 aliphatic heterocycles. The van der Waals surface area contributed by atoms with Crippen molar-refractivity contribution in [3.8, 4) is 44.5 Å². The fourth-order valence-electron chi connectivity index (χ4n) is 13.7. The fraction of sp³-hybridized carbons (Fsp3) is 0.0294. The van der Waals surface area contributed by atoms with Gasteiger partial charge in [-0.1, -0.05) is 218 Å². The van der Waals surface area contributed by atoms with Crippen molar-refractivity contribution in [3.63, 3.8) is 0 Å². The van der Waals surface area contributed by atoms with Crippen LogP contribution >= 0.6 is 0 Å². The van der Waals surface area contributed by atoms with E-state index in [1.165, 1.54) is 143 Å². The molecule has 0 amide bonds. The second-order valence-electron chi connectivity index (χ2n) is 19.4. The molecule has 2 spiro atoms. The van der Waals surface area contributed by atoms with Gasteiger partial charge in [0.2, 0.25) is 0 Å². The average molecular weight is 857 g/mol. The van der Waals surface area contributed by atoms with Gasteiger partial charge in [0, 0.05) is 0 Å². The van der Waals surface area contributed by atoms with Gasteiger partial charge in [-0.25, -0.2) is 0 Å². The summed E-state index contributed by atoms with van der Waals surface area (Å²) in [5.74, 6) is 0. The Hall–Kier alpha value is -8.58. The first-order valence-electron chi connectivity index (χ1n) is 24.0. The first-order valence-corrected chi connectivity index (χ1v) is 24.0. The van der Waals surface area contributed by atoms with Gasteiger partial charge in [-0.05, 0) is 167 Å². The maximum absolute atomic E-state index is 2.50. The third-order valence-corrected chi connectivity index (χ3v) is 16.4. The highest BCUT2D eigenvalue weighted by molar-refractivity contribution is 6.20. The molecular formula is C68H40. The molecule has 0 unspecified atom stereocenters. The summed E-state index contributed by atoms with van der Waals surface area (Å²) >= 11 is 0. The third-order valence-electron chi connectivity index (χ3n) is 16.4. The van der Waals surface area contributed by atoms with Crippen molar-refractivity contribution in [2.75, 3.05) is 0 Å². The average Bonchev–Trinajstić information content (AvgIpc) is 4.09. The van der Waals surface area contributed by atoms with E-state index in [9.17, 15) is 0 Å². The quantitative estimate of drug-likeness (QED) is 0.122. The Morgan fingerprint density at radius 2 is 0.544 bits per heavy atom. The zero-order valence-corrected chi connectivity index (χ0v) is 37.1. The van der Waals surface area contributed by atoms with Crippen LogP contribution in [-0.2, 0) is 10.8 Å². The summed E-state index contributed by atoms with van der Waals surface area (Å²) in [6, 6.07) is 87.5. The molecule has 12 aromatic carbocycles. The summed E-state index contributed by atoms with van der Waals surface area (Å²) in [5, 5.41) is 10.8. The van der Waals surface area contributed by atoms with Crippen LogP contribution in [0.1, 0.15) is 55.6 Å². The minimum absolute atomic E-state index is 0.358. The maximum atomic E-state index is 2.50. The number of hydrogen-bond donors (Lipinski definition) is 0. The topological polar surface area (TPSA) is 0 Å². The van der Waals surface area contributed by atoms with Crippen LogP contribution in [-0.4, -0.2) is 0 Å². The van der Waals surface area contributed by atoms with Gasteiger partial charge in [0.1, 0.15) is 0 Å². The van der Waals surface area contributed by atoms with Crippen molar-refractivity contribution < 1.29 is 0 Å². The molecule has 0 nitrogen and oxygen atoms in total. The molecule has 12 aromatic rings. The predicted octanol–water partition coefficient (Wildman–Crippen LogP) is 17.2. The summed E-state index contributed by atoms with van der Waals surface area (Å²) in [4.78, 5) is 0. The largest absolute Gasteiger partial charge is 0.0726 e. The first-order chi connectivity index (χ1) is 33.7. The Morgan fingerprint density at radius 3 is 0.926 bits per heavy atom. The minimum atomic E-state index is -0.358. The number of benzene rings is 12. The summed E-state index contributed by atoms with van der Waals surface area (Å²) < 4.78 is 0. The second-order valence-corrected chi connectivity index (χ2v) is 19.4. The monoisotopic (exact) mass is 856 g/mol. The highest BCUT2D eigenvalue weighted by atomic mass is 14.5. The highest BCUT2D eigenvalue weighted by Crippen LogP contribution is 2.64. The Balaban J connectivity index is 0.749. The van der Waals surface area contributed by atoms with E-state index in [0.717, 1.165) is 0 Å². The molecule has 0 fully saturated rings. The zero-order valence-electron chi connectivity index (χ0n) is 37.1. The van der Waals surface area contributed by atoms with Gasteiger partial charge >= 0.3 is 0 Å². The van der Waals surface area contributed by atoms with E-state index in [2.05, 4.69) is 243 Å².